The number of likely N-dealkylation sites (tertiary alicyclic amines) is 1. The molecule has 3 aliphatic rings. The Bertz CT molecular complexity index is 1180. The number of ether oxygens (including phenoxy) is 2. The zero-order valence-corrected chi connectivity index (χ0v) is 22.4. The molecule has 0 saturated carbocycles. The monoisotopic (exact) mass is 536 g/mol. The summed E-state index contributed by atoms with van der Waals surface area (Å²) in [5.74, 6) is 0.220. The van der Waals surface area contributed by atoms with E-state index < -0.39 is 0 Å². The molecule has 2 aromatic carbocycles. The number of fused-ring (bicyclic) bond motifs is 3. The number of piperidine rings is 1. The zero-order valence-electron chi connectivity index (χ0n) is 22.4. The highest BCUT2D eigenvalue weighted by atomic mass is 16.6. The Labute approximate surface area is 228 Å². The number of amides is 1. The maximum atomic E-state index is 14.0. The van der Waals surface area contributed by atoms with Gasteiger partial charge in [0.2, 0.25) is 5.91 Å². The van der Waals surface area contributed by atoms with Crippen molar-refractivity contribution >= 4 is 23.3 Å². The molecule has 0 radical (unpaired) electrons. The van der Waals surface area contributed by atoms with Gasteiger partial charge in [-0.2, -0.15) is 0 Å². The van der Waals surface area contributed by atoms with Crippen molar-refractivity contribution in [2.24, 2.45) is 11.8 Å². The van der Waals surface area contributed by atoms with Crippen molar-refractivity contribution in [3.63, 3.8) is 0 Å². The minimum absolute atomic E-state index is 0.0419. The van der Waals surface area contributed by atoms with E-state index in [2.05, 4.69) is 9.80 Å². The van der Waals surface area contributed by atoms with Gasteiger partial charge < -0.3 is 19.3 Å². The molecule has 2 fully saturated rings. The molecule has 3 aliphatic heterocycles. The van der Waals surface area contributed by atoms with Crippen LogP contribution in [0.1, 0.15) is 25.3 Å². The number of piperazine rings is 1. The summed E-state index contributed by atoms with van der Waals surface area (Å²) in [6.45, 7) is 6.75. The second-order valence-corrected chi connectivity index (χ2v) is 10.5. The Hall–Kier alpha value is -3.66. The molecular weight excluding hydrogens is 500 g/mol. The molecule has 1 amide bonds. The van der Waals surface area contributed by atoms with E-state index in [1.54, 1.807) is 19.1 Å². The molecule has 208 valence electrons. The van der Waals surface area contributed by atoms with Gasteiger partial charge in [-0.1, -0.05) is 18.2 Å². The Balaban J connectivity index is 1.31. The van der Waals surface area contributed by atoms with Crippen molar-refractivity contribution in [1.29, 1.82) is 0 Å². The Morgan fingerprint density at radius 3 is 2.54 bits per heavy atom. The van der Waals surface area contributed by atoms with Crippen LogP contribution in [0.2, 0.25) is 0 Å². The van der Waals surface area contributed by atoms with Gasteiger partial charge in [0.15, 0.2) is 0 Å². The van der Waals surface area contributed by atoms with Gasteiger partial charge in [-0.05, 0) is 49.9 Å². The van der Waals surface area contributed by atoms with Crippen LogP contribution in [0.5, 0.6) is 5.75 Å². The number of nitrogens with zero attached hydrogens (tertiary/aromatic N) is 4. The van der Waals surface area contributed by atoms with Crippen LogP contribution in [0.15, 0.2) is 48.5 Å². The molecule has 39 heavy (non-hydrogen) atoms. The molecular formula is C29H36N4O6. The third-order valence-corrected chi connectivity index (χ3v) is 8.15. The molecule has 10 heteroatoms. The number of rotatable bonds is 8. The molecule has 0 N–H and O–H groups in total. The van der Waals surface area contributed by atoms with Gasteiger partial charge in [-0.15, -0.1) is 0 Å². The number of benzene rings is 2. The lowest BCUT2D eigenvalue weighted by Gasteiger charge is -2.50. The van der Waals surface area contributed by atoms with Crippen LogP contribution in [-0.4, -0.2) is 85.1 Å². The van der Waals surface area contributed by atoms with Crippen LogP contribution in [0, 0.1) is 22.0 Å². The summed E-state index contributed by atoms with van der Waals surface area (Å²) in [6.07, 6.45) is 1.65. The SMILES string of the molecule is CCOC(=O)C1CCN(C(=O)C2Cc3cc([N+](=O)[O-])ccc3N3CCN(CCOc4ccccc4)CC23)CC1. The van der Waals surface area contributed by atoms with E-state index in [0.717, 1.165) is 36.6 Å². The molecule has 3 heterocycles. The first-order valence-electron chi connectivity index (χ1n) is 13.8. The number of hydrogen-bond acceptors (Lipinski definition) is 8. The van der Waals surface area contributed by atoms with Crippen molar-refractivity contribution in [2.75, 3.05) is 57.4 Å². The Morgan fingerprint density at radius 2 is 1.82 bits per heavy atom. The second kappa shape index (κ2) is 12.0. The normalized spacial score (nSPS) is 21.6. The first-order chi connectivity index (χ1) is 18.9. The molecule has 10 nitrogen and oxygen atoms in total. The van der Waals surface area contributed by atoms with Crippen LogP contribution < -0.4 is 9.64 Å². The predicted molar refractivity (Wildman–Crippen MR) is 146 cm³/mol. The smallest absolute Gasteiger partial charge is 0.309 e. The van der Waals surface area contributed by atoms with Gasteiger partial charge >= 0.3 is 5.97 Å². The summed E-state index contributed by atoms with van der Waals surface area (Å²) in [6, 6.07) is 14.7. The first kappa shape index (κ1) is 26.9. The second-order valence-electron chi connectivity index (χ2n) is 10.5. The van der Waals surface area contributed by atoms with E-state index in [9.17, 15) is 19.7 Å². The fourth-order valence-electron chi connectivity index (χ4n) is 6.11. The van der Waals surface area contributed by atoms with Gasteiger partial charge in [0.1, 0.15) is 12.4 Å². The van der Waals surface area contributed by atoms with Crippen LogP contribution >= 0.6 is 0 Å². The lowest BCUT2D eigenvalue weighted by molar-refractivity contribution is -0.384. The number of carbonyl (C=O) groups excluding carboxylic acids is 2. The quantitative estimate of drug-likeness (QED) is 0.288. The lowest BCUT2D eigenvalue weighted by Crippen LogP contribution is -2.62. The fourth-order valence-corrected chi connectivity index (χ4v) is 6.11. The summed E-state index contributed by atoms with van der Waals surface area (Å²) in [4.78, 5) is 43.7. The Kier molecular flexibility index (Phi) is 8.30. The first-order valence-corrected chi connectivity index (χ1v) is 13.8. The average molecular weight is 537 g/mol. The number of esters is 1. The number of hydrogen-bond donors (Lipinski definition) is 0. The van der Waals surface area contributed by atoms with E-state index in [1.165, 1.54) is 0 Å². The maximum absolute atomic E-state index is 14.0. The number of non-ortho nitro benzene ring substituents is 1. The molecule has 0 spiro atoms. The largest absolute Gasteiger partial charge is 0.492 e. The maximum Gasteiger partial charge on any atom is 0.309 e. The number of para-hydroxylation sites is 1. The summed E-state index contributed by atoms with van der Waals surface area (Å²) >= 11 is 0. The van der Waals surface area contributed by atoms with Crippen LogP contribution in [0.4, 0.5) is 11.4 Å². The van der Waals surface area contributed by atoms with Crippen molar-refractivity contribution in [3.8, 4) is 5.75 Å². The fraction of sp³-hybridized carbons (Fsp3) is 0.517. The van der Waals surface area contributed by atoms with E-state index in [-0.39, 0.29) is 40.4 Å². The molecule has 2 saturated heterocycles. The predicted octanol–water partition coefficient (Wildman–Crippen LogP) is 3.14. The van der Waals surface area contributed by atoms with Crippen LogP contribution in [0.3, 0.4) is 0 Å². The number of nitro groups is 1. The summed E-state index contributed by atoms with van der Waals surface area (Å²) in [5, 5.41) is 11.5. The zero-order chi connectivity index (χ0) is 27.4. The molecule has 0 aromatic heterocycles. The van der Waals surface area contributed by atoms with Crippen molar-refractivity contribution in [3.05, 3.63) is 64.2 Å². The van der Waals surface area contributed by atoms with E-state index in [1.807, 2.05) is 41.3 Å². The average Bonchev–Trinajstić information content (AvgIpc) is 2.96. The number of nitro benzene ring substituents is 1. The summed E-state index contributed by atoms with van der Waals surface area (Å²) < 4.78 is 11.1. The van der Waals surface area contributed by atoms with Crippen LogP contribution in [-0.2, 0) is 20.7 Å². The molecule has 2 unspecified atom stereocenters. The highest BCUT2D eigenvalue weighted by Crippen LogP contribution is 2.39. The van der Waals surface area contributed by atoms with Gasteiger partial charge in [-0.25, -0.2) is 0 Å². The molecule has 2 atom stereocenters. The standard InChI is InChI=1S/C29H36N4O6/c1-2-38-29(35)21-10-12-31(13-11-21)28(34)25-19-22-18-23(33(36)37)8-9-26(22)32-15-14-30(20-27(25)32)16-17-39-24-6-4-3-5-7-24/h3-9,18,21,25,27H,2,10-17,19-20H2,1H3. The Morgan fingerprint density at radius 1 is 1.05 bits per heavy atom. The molecule has 5 rings (SSSR count). The highest BCUT2D eigenvalue weighted by molar-refractivity contribution is 5.83. The van der Waals surface area contributed by atoms with Crippen LogP contribution in [0.25, 0.3) is 0 Å². The minimum atomic E-state index is -0.381. The summed E-state index contributed by atoms with van der Waals surface area (Å²) in [7, 11) is 0. The van der Waals surface area contributed by atoms with E-state index in [0.29, 0.717) is 52.1 Å². The molecule has 0 bridgehead atoms. The van der Waals surface area contributed by atoms with E-state index >= 15 is 0 Å². The third-order valence-electron chi connectivity index (χ3n) is 8.15. The van der Waals surface area contributed by atoms with Gasteiger partial charge in [0, 0.05) is 57.1 Å². The minimum Gasteiger partial charge on any atom is -0.492 e. The van der Waals surface area contributed by atoms with Crippen molar-refractivity contribution in [2.45, 2.75) is 32.2 Å². The topological polar surface area (TPSA) is 105 Å². The van der Waals surface area contributed by atoms with Crippen molar-refractivity contribution in [1.82, 2.24) is 9.80 Å². The van der Waals surface area contributed by atoms with E-state index in [4.69, 9.17) is 9.47 Å². The van der Waals surface area contributed by atoms with Gasteiger partial charge in [-0.3, -0.25) is 24.6 Å². The number of anilines is 1. The van der Waals surface area contributed by atoms with Gasteiger partial charge in [0.05, 0.1) is 29.4 Å². The molecule has 2 aromatic rings. The molecule has 0 aliphatic carbocycles. The number of carbonyl (C=O) groups is 2. The summed E-state index contributed by atoms with van der Waals surface area (Å²) in [5.41, 5.74) is 1.88. The van der Waals surface area contributed by atoms with Gasteiger partial charge in [0.25, 0.3) is 5.69 Å². The third kappa shape index (κ3) is 6.00. The van der Waals surface area contributed by atoms with Crippen molar-refractivity contribution < 1.29 is 24.0 Å². The lowest BCUT2D eigenvalue weighted by atomic mass is 9.82. The highest BCUT2D eigenvalue weighted by Gasteiger charge is 2.44.